The fraction of sp³-hybridized carbons (Fsp3) is 0.846. The third kappa shape index (κ3) is 4.38. The Labute approximate surface area is 113 Å². The molecule has 1 rings (SSSR count). The maximum Gasteiger partial charge on any atom is 0.326 e. The maximum atomic E-state index is 12.0. The molecule has 0 spiro atoms. The molecule has 6 nitrogen and oxygen atoms in total. The molecule has 0 radical (unpaired) electrons. The Morgan fingerprint density at radius 2 is 2.11 bits per heavy atom. The van der Waals surface area contributed by atoms with Crippen LogP contribution in [-0.4, -0.2) is 52.9 Å². The number of hydrogen-bond acceptors (Lipinski definition) is 3. The van der Waals surface area contributed by atoms with Gasteiger partial charge in [-0.15, -0.1) is 0 Å². The number of nitrogens with one attached hydrogen (secondary N) is 1. The summed E-state index contributed by atoms with van der Waals surface area (Å²) < 4.78 is 0. The number of likely N-dealkylation sites (N-methyl/N-ethyl adjacent to an activating group) is 1. The Balaban J connectivity index is 2.51. The van der Waals surface area contributed by atoms with Crippen LogP contribution in [-0.2, 0) is 4.79 Å². The highest BCUT2D eigenvalue weighted by atomic mass is 16.4. The lowest BCUT2D eigenvalue weighted by Gasteiger charge is -2.31. The molecule has 1 saturated carbocycles. The molecule has 110 valence electrons. The zero-order valence-corrected chi connectivity index (χ0v) is 11.6. The van der Waals surface area contributed by atoms with E-state index in [0.717, 1.165) is 25.7 Å². The molecule has 1 aliphatic carbocycles. The van der Waals surface area contributed by atoms with Crippen LogP contribution >= 0.6 is 0 Å². The Morgan fingerprint density at radius 3 is 2.63 bits per heavy atom. The van der Waals surface area contributed by atoms with Gasteiger partial charge in [-0.3, -0.25) is 0 Å². The number of hydrogen-bond donors (Lipinski definition) is 3. The topological polar surface area (TPSA) is 89.9 Å². The molecule has 19 heavy (non-hydrogen) atoms. The standard InChI is InChI=1S/C13H24N2O4/c1-3-11(12(17)18)15(2)13(19)14-10-6-4-5-9(7-10)8-16/h9-11,16H,3-8H2,1-2H3,(H,14,19)(H,17,18). The number of carboxylic acids is 1. The second-order valence-corrected chi connectivity index (χ2v) is 5.23. The molecule has 0 aromatic carbocycles. The lowest BCUT2D eigenvalue weighted by atomic mass is 9.86. The molecule has 0 saturated heterocycles. The molecule has 3 N–H and O–H groups in total. The van der Waals surface area contributed by atoms with Gasteiger partial charge in [0.25, 0.3) is 0 Å². The van der Waals surface area contributed by atoms with Gasteiger partial charge in [0.15, 0.2) is 0 Å². The molecule has 2 amide bonds. The number of rotatable bonds is 5. The summed E-state index contributed by atoms with van der Waals surface area (Å²) >= 11 is 0. The van der Waals surface area contributed by atoms with Crippen molar-refractivity contribution in [3.8, 4) is 0 Å². The number of amides is 2. The third-order valence-corrected chi connectivity index (χ3v) is 3.83. The minimum atomic E-state index is -0.989. The predicted octanol–water partition coefficient (Wildman–Crippen LogP) is 1.04. The highest BCUT2D eigenvalue weighted by molar-refractivity contribution is 5.82. The second kappa shape index (κ2) is 7.33. The normalized spacial score (nSPS) is 24.6. The zero-order valence-electron chi connectivity index (χ0n) is 11.6. The average molecular weight is 272 g/mol. The average Bonchev–Trinajstić information content (AvgIpc) is 2.39. The summed E-state index contributed by atoms with van der Waals surface area (Å²) in [5, 5.41) is 21.0. The molecule has 0 aliphatic heterocycles. The van der Waals surface area contributed by atoms with Crippen molar-refractivity contribution in [3.63, 3.8) is 0 Å². The smallest absolute Gasteiger partial charge is 0.326 e. The number of nitrogens with zero attached hydrogens (tertiary/aromatic N) is 1. The first kappa shape index (κ1) is 15.8. The first-order valence-electron chi connectivity index (χ1n) is 6.86. The van der Waals surface area contributed by atoms with Crippen LogP contribution in [0.5, 0.6) is 0 Å². The number of aliphatic carboxylic acids is 1. The van der Waals surface area contributed by atoms with Crippen molar-refractivity contribution < 1.29 is 19.8 Å². The fourth-order valence-corrected chi connectivity index (χ4v) is 2.62. The van der Waals surface area contributed by atoms with Gasteiger partial charge >= 0.3 is 12.0 Å². The minimum absolute atomic E-state index is 0.0344. The van der Waals surface area contributed by atoms with Crippen molar-refractivity contribution in [2.75, 3.05) is 13.7 Å². The second-order valence-electron chi connectivity index (χ2n) is 5.23. The number of aliphatic hydroxyl groups excluding tert-OH is 1. The van der Waals surface area contributed by atoms with Gasteiger partial charge in [-0.25, -0.2) is 9.59 Å². The van der Waals surface area contributed by atoms with Gasteiger partial charge in [0.1, 0.15) is 6.04 Å². The SMILES string of the molecule is CCC(C(=O)O)N(C)C(=O)NC1CCCC(CO)C1. The van der Waals surface area contributed by atoms with Crippen LogP contribution in [0, 0.1) is 5.92 Å². The Hall–Kier alpha value is -1.30. The Kier molecular flexibility index (Phi) is 6.08. The predicted molar refractivity (Wildman–Crippen MR) is 70.8 cm³/mol. The zero-order chi connectivity index (χ0) is 14.4. The third-order valence-electron chi connectivity index (χ3n) is 3.83. The van der Waals surface area contributed by atoms with Gasteiger partial charge in [-0.1, -0.05) is 13.3 Å². The largest absolute Gasteiger partial charge is 0.480 e. The number of carboxylic acid groups (broad SMARTS) is 1. The van der Waals surface area contributed by atoms with Gasteiger partial charge in [-0.05, 0) is 31.6 Å². The van der Waals surface area contributed by atoms with Crippen molar-refractivity contribution in [3.05, 3.63) is 0 Å². The lowest BCUT2D eigenvalue weighted by molar-refractivity contribution is -0.141. The monoisotopic (exact) mass is 272 g/mol. The molecule has 3 unspecified atom stereocenters. The van der Waals surface area contributed by atoms with Crippen molar-refractivity contribution in [2.45, 2.75) is 51.1 Å². The van der Waals surface area contributed by atoms with E-state index in [1.54, 1.807) is 6.92 Å². The lowest BCUT2D eigenvalue weighted by Crippen LogP contribution is -2.50. The molecule has 3 atom stereocenters. The van der Waals surface area contributed by atoms with Gasteiger partial charge < -0.3 is 20.4 Å². The minimum Gasteiger partial charge on any atom is -0.480 e. The highest BCUT2D eigenvalue weighted by Crippen LogP contribution is 2.23. The summed E-state index contributed by atoms with van der Waals surface area (Å²) in [6.07, 6.45) is 4.00. The van der Waals surface area contributed by atoms with Crippen molar-refractivity contribution in [1.29, 1.82) is 0 Å². The van der Waals surface area contributed by atoms with Gasteiger partial charge in [-0.2, -0.15) is 0 Å². The fourth-order valence-electron chi connectivity index (χ4n) is 2.62. The van der Waals surface area contributed by atoms with E-state index < -0.39 is 12.0 Å². The van der Waals surface area contributed by atoms with Crippen LogP contribution in [0.1, 0.15) is 39.0 Å². The summed E-state index contributed by atoms with van der Waals surface area (Å²) in [6.45, 7) is 1.89. The van der Waals surface area contributed by atoms with Crippen LogP contribution in [0.3, 0.4) is 0 Å². The van der Waals surface area contributed by atoms with Crippen molar-refractivity contribution in [2.24, 2.45) is 5.92 Å². The summed E-state index contributed by atoms with van der Waals surface area (Å²) in [5.41, 5.74) is 0. The quantitative estimate of drug-likeness (QED) is 0.697. The maximum absolute atomic E-state index is 12.0. The molecule has 6 heteroatoms. The van der Waals surface area contributed by atoms with E-state index in [-0.39, 0.29) is 24.6 Å². The van der Waals surface area contributed by atoms with Crippen molar-refractivity contribution >= 4 is 12.0 Å². The van der Waals surface area contributed by atoms with E-state index in [1.807, 2.05) is 0 Å². The van der Waals surface area contributed by atoms with Gasteiger partial charge in [0.2, 0.25) is 0 Å². The van der Waals surface area contributed by atoms with Gasteiger partial charge in [0.05, 0.1) is 0 Å². The van der Waals surface area contributed by atoms with E-state index in [9.17, 15) is 9.59 Å². The number of aliphatic hydroxyl groups is 1. The van der Waals surface area contributed by atoms with E-state index in [1.165, 1.54) is 11.9 Å². The van der Waals surface area contributed by atoms with Crippen molar-refractivity contribution in [1.82, 2.24) is 10.2 Å². The molecular formula is C13H24N2O4. The summed E-state index contributed by atoms with van der Waals surface area (Å²) in [7, 11) is 1.50. The van der Waals surface area contributed by atoms with Gasteiger partial charge in [0, 0.05) is 19.7 Å². The van der Waals surface area contributed by atoms with E-state index in [0.29, 0.717) is 6.42 Å². The Morgan fingerprint density at radius 1 is 1.42 bits per heavy atom. The first-order chi connectivity index (χ1) is 8.99. The van der Waals surface area contributed by atoms with Crippen LogP contribution < -0.4 is 5.32 Å². The Bertz CT molecular complexity index is 322. The molecular weight excluding hydrogens is 248 g/mol. The van der Waals surface area contributed by atoms with Crippen LogP contribution in [0.15, 0.2) is 0 Å². The van der Waals surface area contributed by atoms with Crippen LogP contribution in [0.2, 0.25) is 0 Å². The molecule has 0 bridgehead atoms. The van der Waals surface area contributed by atoms with E-state index in [2.05, 4.69) is 5.32 Å². The van der Waals surface area contributed by atoms with Crippen LogP contribution in [0.25, 0.3) is 0 Å². The first-order valence-corrected chi connectivity index (χ1v) is 6.86. The highest BCUT2D eigenvalue weighted by Gasteiger charge is 2.28. The van der Waals surface area contributed by atoms with E-state index >= 15 is 0 Å². The molecule has 1 fully saturated rings. The number of carbonyl (C=O) groups excluding carboxylic acids is 1. The number of urea groups is 1. The summed E-state index contributed by atoms with van der Waals surface area (Å²) in [4.78, 5) is 24.3. The molecule has 0 aromatic rings. The molecule has 1 aliphatic rings. The number of carbonyl (C=O) groups is 2. The van der Waals surface area contributed by atoms with Crippen LogP contribution in [0.4, 0.5) is 4.79 Å². The summed E-state index contributed by atoms with van der Waals surface area (Å²) in [5.74, 6) is -0.747. The summed E-state index contributed by atoms with van der Waals surface area (Å²) in [6, 6.07) is -1.11. The molecule has 0 aromatic heterocycles. The van der Waals surface area contributed by atoms with E-state index in [4.69, 9.17) is 10.2 Å². The molecule has 0 heterocycles.